The molecule has 5 heteroatoms. The molecule has 0 saturated carbocycles. The van der Waals surface area contributed by atoms with Gasteiger partial charge in [-0.2, -0.15) is 0 Å². The molecule has 2 aromatic carbocycles. The minimum absolute atomic E-state index is 0.0418. The lowest BCUT2D eigenvalue weighted by Gasteiger charge is -2.08. The van der Waals surface area contributed by atoms with Crippen LogP contribution < -0.4 is 4.74 Å². The number of aliphatic hydroxyl groups is 1. The number of halogens is 1. The normalized spacial score (nSPS) is 10.8. The summed E-state index contributed by atoms with van der Waals surface area (Å²) in [6.45, 7) is -0.0418. The summed E-state index contributed by atoms with van der Waals surface area (Å²) in [6.07, 6.45) is 2.58. The summed E-state index contributed by atoms with van der Waals surface area (Å²) in [5.74, 6) is 0.245. The van der Waals surface area contributed by atoms with E-state index in [0.717, 1.165) is 21.7 Å². The molecule has 0 fully saturated rings. The third kappa shape index (κ3) is 4.44. The van der Waals surface area contributed by atoms with Crippen molar-refractivity contribution in [2.75, 3.05) is 0 Å². The number of carbonyl (C=O) groups is 1. The van der Waals surface area contributed by atoms with Crippen LogP contribution in [0.3, 0.4) is 0 Å². The van der Waals surface area contributed by atoms with E-state index in [-0.39, 0.29) is 6.61 Å². The molecule has 0 aliphatic rings. The number of aliphatic hydroxyl groups excluding tert-OH is 1. The van der Waals surface area contributed by atoms with Crippen LogP contribution in [0.1, 0.15) is 11.1 Å². The van der Waals surface area contributed by atoms with E-state index < -0.39 is 5.97 Å². The van der Waals surface area contributed by atoms with Crippen LogP contribution in [0.5, 0.6) is 11.5 Å². The van der Waals surface area contributed by atoms with Gasteiger partial charge in [0.1, 0.15) is 11.5 Å². The van der Waals surface area contributed by atoms with Crippen LogP contribution in [0.25, 0.3) is 6.08 Å². The van der Waals surface area contributed by atoms with E-state index in [0.29, 0.717) is 11.5 Å². The average Bonchev–Trinajstić information content (AvgIpc) is 2.46. The molecule has 0 atom stereocenters. The zero-order chi connectivity index (χ0) is 15.2. The fraction of sp³-hybridized carbons (Fsp3) is 0.0625. The zero-order valence-corrected chi connectivity index (χ0v) is 12.6. The van der Waals surface area contributed by atoms with Gasteiger partial charge in [0.05, 0.1) is 6.61 Å². The minimum Gasteiger partial charge on any atom is -0.478 e. The van der Waals surface area contributed by atoms with Gasteiger partial charge in [-0.05, 0) is 41.5 Å². The molecule has 2 rings (SSSR count). The van der Waals surface area contributed by atoms with Crippen LogP contribution in [0.15, 0.2) is 53.0 Å². The molecule has 0 aliphatic heterocycles. The van der Waals surface area contributed by atoms with Gasteiger partial charge >= 0.3 is 5.97 Å². The fourth-order valence-electron chi connectivity index (χ4n) is 1.71. The predicted molar refractivity (Wildman–Crippen MR) is 83.3 cm³/mol. The summed E-state index contributed by atoms with van der Waals surface area (Å²) in [7, 11) is 0. The highest BCUT2D eigenvalue weighted by molar-refractivity contribution is 9.10. The molecule has 2 N–H and O–H groups in total. The maximum Gasteiger partial charge on any atom is 0.328 e. The Kier molecular flexibility index (Phi) is 5.14. The van der Waals surface area contributed by atoms with Crippen LogP contribution in [0, 0.1) is 0 Å². The van der Waals surface area contributed by atoms with Gasteiger partial charge in [-0.1, -0.05) is 34.1 Å². The van der Waals surface area contributed by atoms with Crippen LogP contribution in [-0.4, -0.2) is 16.2 Å². The summed E-state index contributed by atoms with van der Waals surface area (Å²) in [5.41, 5.74) is 1.52. The smallest absolute Gasteiger partial charge is 0.328 e. The Morgan fingerprint density at radius 2 is 1.95 bits per heavy atom. The molecule has 0 aromatic heterocycles. The first-order valence-electron chi connectivity index (χ1n) is 6.16. The molecule has 0 radical (unpaired) electrons. The lowest BCUT2D eigenvalue weighted by molar-refractivity contribution is -0.131. The minimum atomic E-state index is -0.997. The van der Waals surface area contributed by atoms with E-state index in [4.69, 9.17) is 14.9 Å². The molecule has 2 aromatic rings. The van der Waals surface area contributed by atoms with E-state index in [1.807, 2.05) is 6.07 Å². The molecule has 4 nitrogen and oxygen atoms in total. The van der Waals surface area contributed by atoms with Crippen molar-refractivity contribution in [2.45, 2.75) is 6.61 Å². The number of rotatable bonds is 5. The van der Waals surface area contributed by atoms with Crippen LogP contribution in [0.4, 0.5) is 0 Å². The number of carboxylic acids is 1. The molecule has 0 bridgehead atoms. The lowest BCUT2D eigenvalue weighted by atomic mass is 10.2. The molecule has 0 spiro atoms. The Morgan fingerprint density at radius 1 is 1.19 bits per heavy atom. The van der Waals surface area contributed by atoms with Gasteiger partial charge in [0, 0.05) is 10.5 Å². The average molecular weight is 349 g/mol. The summed E-state index contributed by atoms with van der Waals surface area (Å²) < 4.78 is 6.43. The number of hydrogen-bond donors (Lipinski definition) is 2. The van der Waals surface area contributed by atoms with Gasteiger partial charge in [0.2, 0.25) is 0 Å². The largest absolute Gasteiger partial charge is 0.478 e. The molecular weight excluding hydrogens is 336 g/mol. The molecule has 0 heterocycles. The molecule has 0 amide bonds. The van der Waals surface area contributed by atoms with E-state index in [1.165, 1.54) is 6.08 Å². The predicted octanol–water partition coefficient (Wildman–Crippen LogP) is 3.83. The highest BCUT2D eigenvalue weighted by Crippen LogP contribution is 2.28. The Labute approximate surface area is 130 Å². The Morgan fingerprint density at radius 3 is 2.62 bits per heavy atom. The lowest BCUT2D eigenvalue weighted by Crippen LogP contribution is -1.89. The second-order valence-corrected chi connectivity index (χ2v) is 5.12. The fourth-order valence-corrected chi connectivity index (χ4v) is 2.20. The third-order valence-electron chi connectivity index (χ3n) is 2.69. The van der Waals surface area contributed by atoms with E-state index in [9.17, 15) is 4.79 Å². The second kappa shape index (κ2) is 7.06. The van der Waals surface area contributed by atoms with Crippen LogP contribution >= 0.6 is 15.9 Å². The van der Waals surface area contributed by atoms with E-state index in [1.54, 1.807) is 36.4 Å². The van der Waals surface area contributed by atoms with Crippen LogP contribution in [0.2, 0.25) is 0 Å². The third-order valence-corrected chi connectivity index (χ3v) is 3.38. The van der Waals surface area contributed by atoms with E-state index >= 15 is 0 Å². The molecular formula is C16H13BrO4. The van der Waals surface area contributed by atoms with Crippen molar-refractivity contribution in [3.63, 3.8) is 0 Å². The van der Waals surface area contributed by atoms with Crippen molar-refractivity contribution in [3.05, 3.63) is 64.1 Å². The first-order chi connectivity index (χ1) is 10.1. The number of benzene rings is 2. The topological polar surface area (TPSA) is 66.8 Å². The van der Waals surface area contributed by atoms with Crippen molar-refractivity contribution in [2.24, 2.45) is 0 Å². The number of ether oxygens (including phenoxy) is 1. The highest BCUT2D eigenvalue weighted by atomic mass is 79.9. The second-order valence-electron chi connectivity index (χ2n) is 4.26. The number of hydrogen-bond acceptors (Lipinski definition) is 3. The standard InChI is InChI=1S/C16H13BrO4/c17-15-9-14(6-4-12(15)5-7-16(19)20)21-13-3-1-2-11(8-13)10-18/h1-9,18H,10H2,(H,19,20)/b7-5+. The first kappa shape index (κ1) is 15.3. The van der Waals surface area contributed by atoms with Crippen molar-refractivity contribution in [1.82, 2.24) is 0 Å². The maximum atomic E-state index is 10.5. The van der Waals surface area contributed by atoms with Crippen molar-refractivity contribution in [1.29, 1.82) is 0 Å². The van der Waals surface area contributed by atoms with Gasteiger partial charge in [-0.25, -0.2) is 4.79 Å². The highest BCUT2D eigenvalue weighted by Gasteiger charge is 2.03. The van der Waals surface area contributed by atoms with E-state index in [2.05, 4.69) is 15.9 Å². The van der Waals surface area contributed by atoms with Gasteiger partial charge in [-0.3, -0.25) is 0 Å². The Hall–Kier alpha value is -2.11. The summed E-state index contributed by atoms with van der Waals surface area (Å²) in [4.78, 5) is 10.5. The van der Waals surface area contributed by atoms with Gasteiger partial charge in [-0.15, -0.1) is 0 Å². The zero-order valence-electron chi connectivity index (χ0n) is 11.0. The van der Waals surface area contributed by atoms with Crippen molar-refractivity contribution >= 4 is 28.0 Å². The van der Waals surface area contributed by atoms with Crippen molar-refractivity contribution in [3.8, 4) is 11.5 Å². The molecule has 0 saturated heterocycles. The molecule has 21 heavy (non-hydrogen) atoms. The quantitative estimate of drug-likeness (QED) is 0.805. The first-order valence-corrected chi connectivity index (χ1v) is 6.96. The number of carboxylic acid groups (broad SMARTS) is 1. The number of aliphatic carboxylic acids is 1. The SMILES string of the molecule is O=C(O)/C=C/c1ccc(Oc2cccc(CO)c2)cc1Br. The summed E-state index contributed by atoms with van der Waals surface area (Å²) in [6, 6.07) is 12.4. The maximum absolute atomic E-state index is 10.5. The Bertz CT molecular complexity index is 680. The molecule has 0 unspecified atom stereocenters. The van der Waals surface area contributed by atoms with Gasteiger partial charge < -0.3 is 14.9 Å². The van der Waals surface area contributed by atoms with Gasteiger partial charge in [0.15, 0.2) is 0 Å². The van der Waals surface area contributed by atoms with Crippen LogP contribution in [-0.2, 0) is 11.4 Å². The van der Waals surface area contributed by atoms with Gasteiger partial charge in [0.25, 0.3) is 0 Å². The molecule has 108 valence electrons. The summed E-state index contributed by atoms with van der Waals surface area (Å²) >= 11 is 3.37. The monoisotopic (exact) mass is 348 g/mol. The Balaban J connectivity index is 2.18. The molecule has 0 aliphatic carbocycles. The summed E-state index contributed by atoms with van der Waals surface area (Å²) in [5, 5.41) is 17.7. The van der Waals surface area contributed by atoms with Crippen molar-refractivity contribution < 1.29 is 19.7 Å².